The van der Waals surface area contributed by atoms with E-state index in [2.05, 4.69) is 74.7 Å². The lowest BCUT2D eigenvalue weighted by molar-refractivity contribution is -0.347. The number of anilines is 1. The van der Waals surface area contributed by atoms with Gasteiger partial charge in [0.15, 0.2) is 22.8 Å². The summed E-state index contributed by atoms with van der Waals surface area (Å²) in [5.74, 6) is -1.35. The summed E-state index contributed by atoms with van der Waals surface area (Å²) in [6.45, 7) is 2.16. The molecule has 68 heavy (non-hydrogen) atoms. The minimum absolute atomic E-state index is 0.00448. The van der Waals surface area contributed by atoms with Gasteiger partial charge in [-0.2, -0.15) is 0 Å². The van der Waals surface area contributed by atoms with E-state index in [-0.39, 0.29) is 53.8 Å². The van der Waals surface area contributed by atoms with E-state index < -0.39 is 90.7 Å². The van der Waals surface area contributed by atoms with Gasteiger partial charge in [-0.05, 0) is 38.5 Å². The van der Waals surface area contributed by atoms with Crippen LogP contribution < -0.4 is 35.9 Å². The van der Waals surface area contributed by atoms with Gasteiger partial charge in [0.05, 0.1) is 33.5 Å². The van der Waals surface area contributed by atoms with Gasteiger partial charge in [0.25, 0.3) is 15.6 Å². The van der Waals surface area contributed by atoms with Gasteiger partial charge in [-0.3, -0.25) is 28.1 Å². The summed E-state index contributed by atoms with van der Waals surface area (Å²) in [5, 5.41) is 36.4. The molecule has 3 rings (SSSR count). The zero-order valence-electron chi connectivity index (χ0n) is 38.0. The molecule has 0 aromatic carbocycles. The third-order valence-electron chi connectivity index (χ3n) is 10.1. The molecule has 2 unspecified atom stereocenters. The molecule has 1 aliphatic rings. The number of hydrogen-bond donors (Lipinski definition) is 6. The molecule has 0 aliphatic carbocycles. The van der Waals surface area contributed by atoms with Crippen molar-refractivity contribution in [3.63, 3.8) is 0 Å². The van der Waals surface area contributed by atoms with Crippen LogP contribution in [-0.4, -0.2) is 114 Å². The maximum absolute atomic E-state index is 12.6. The van der Waals surface area contributed by atoms with Crippen LogP contribution in [0.3, 0.4) is 0 Å². The average Bonchev–Trinajstić information content (AvgIpc) is 3.82. The number of nitrogens with one attached hydrogen (secondary N) is 2. The maximum Gasteiger partial charge on any atom is 0.274 e. The second-order valence-corrected chi connectivity index (χ2v) is 21.6. The number of unbranched alkanes of at least 4 members (excludes halogenated alkanes) is 6. The number of carbonyl (C=O) groups excluding carboxylic acids is 3. The molecule has 1 aliphatic heterocycles. The Hall–Kier alpha value is -3.00. The second kappa shape index (κ2) is 28.7. The number of aliphatic hydroxyl groups is 3. The van der Waals surface area contributed by atoms with Crippen LogP contribution in [0.5, 0.6) is 0 Å². The molecule has 25 nitrogen and oxygen atoms in total. The third-order valence-corrected chi connectivity index (χ3v) is 14.0. The Morgan fingerprint density at radius 3 is 2.31 bits per heavy atom. The maximum atomic E-state index is 12.6. The molecule has 2 aromatic heterocycles. The third kappa shape index (κ3) is 21.6. The fourth-order valence-electron chi connectivity index (χ4n) is 6.46. The van der Waals surface area contributed by atoms with Gasteiger partial charge in [0.2, 0.25) is 11.8 Å². The van der Waals surface area contributed by atoms with Gasteiger partial charge in [0, 0.05) is 37.1 Å². The molecule has 0 spiro atoms. The van der Waals surface area contributed by atoms with E-state index in [1.807, 2.05) is 0 Å². The molecule has 3 heterocycles. The van der Waals surface area contributed by atoms with Crippen LogP contribution in [0.4, 0.5) is 5.82 Å². The number of aromatic nitrogens is 4. The first kappa shape index (κ1) is 59.3. The molecule has 386 valence electrons. The number of nitrogen functional groups attached to an aromatic ring is 1. The molecule has 7 N–H and O–H groups in total. The van der Waals surface area contributed by atoms with E-state index in [1.165, 1.54) is 33.1 Å². The number of allylic oxidation sites excluding steroid dienone is 4. The Morgan fingerprint density at radius 2 is 1.63 bits per heavy atom. The quantitative estimate of drug-likeness (QED) is 0.0329. The number of thioether (sulfide) groups is 1. The lowest BCUT2D eigenvalue weighted by Crippen LogP contribution is -2.46. The standard InChI is InChI=1S/C39H66N7O18P3S/c1-4-5-6-7-8-9-10-11-12-13-14-15-16-17-27(47)22-30(49)68-21-20-41-29(48)18-19-42-37(52)34(51)39(2,3)24-61-67(58,59)64-66(56,57)60-23-28-33(63-65(53,54)55)32(50)38(62-28)46-26-45-31-35(40)43-25-44-36(31)46/h8-9,11-12,25-28,32-34,38,47,50-51H,4-7,10,13-24H2,1-3H3,(H,41,48)(H,42,52)(H,56,57)(H,58,59)(H2,40,43,44)(H2,53,54,55)/p-4/b9-8-,12-11-/t27-,28+,32+,33+,34-,38+/m0/s1. The van der Waals surface area contributed by atoms with Gasteiger partial charge in [-0.25, -0.2) is 19.3 Å². The monoisotopic (exact) mass is 1040 g/mol. The highest BCUT2D eigenvalue weighted by Gasteiger charge is 2.47. The van der Waals surface area contributed by atoms with E-state index >= 15 is 0 Å². The normalized spacial score (nSPS) is 20.7. The lowest BCUT2D eigenvalue weighted by atomic mass is 9.87. The topological polar surface area (TPSA) is 395 Å². The SMILES string of the molecule is CCCCC/C=C\C/C=C\CCCCC[C@H](O)CC(=O)SCCNC(=O)CCNC(=O)[C@H](O)C(C)(C)COP(=O)([O-])OP(=O)([O-])OC[C@H]1O[C@@H](n2cnc3c(N)ncnc32)[C@H](O)[C@@H]1OP(=O)([O-])[O-]. The van der Waals surface area contributed by atoms with Crippen LogP contribution in [0, 0.1) is 5.41 Å². The first-order chi connectivity index (χ1) is 31.9. The highest BCUT2D eigenvalue weighted by molar-refractivity contribution is 8.13. The number of phosphoric ester groups is 3. The highest BCUT2D eigenvalue weighted by Crippen LogP contribution is 2.56. The summed E-state index contributed by atoms with van der Waals surface area (Å²) in [7, 11) is -17.6. The van der Waals surface area contributed by atoms with Crippen LogP contribution in [0.25, 0.3) is 11.2 Å². The summed E-state index contributed by atoms with van der Waals surface area (Å²) in [6.07, 6.45) is 10.3. The van der Waals surface area contributed by atoms with Crippen LogP contribution in [0.1, 0.15) is 104 Å². The van der Waals surface area contributed by atoms with Gasteiger partial charge >= 0.3 is 0 Å². The van der Waals surface area contributed by atoms with Crippen molar-refractivity contribution in [2.45, 2.75) is 135 Å². The predicted molar refractivity (Wildman–Crippen MR) is 239 cm³/mol. The number of aliphatic hydroxyl groups excluding tert-OH is 3. The zero-order valence-corrected chi connectivity index (χ0v) is 41.5. The number of amides is 2. The van der Waals surface area contributed by atoms with Crippen molar-refractivity contribution < 1.29 is 85.6 Å². The van der Waals surface area contributed by atoms with Crippen molar-refractivity contribution in [1.82, 2.24) is 30.2 Å². The van der Waals surface area contributed by atoms with Crippen LogP contribution in [0.2, 0.25) is 0 Å². The Bertz CT molecular complexity index is 2130. The van der Waals surface area contributed by atoms with Crippen molar-refractivity contribution in [2.24, 2.45) is 5.41 Å². The van der Waals surface area contributed by atoms with Gasteiger partial charge in [-0.1, -0.05) is 82.5 Å². The molecule has 0 saturated carbocycles. The number of nitrogens with zero attached hydrogens (tertiary/aromatic N) is 4. The second-order valence-electron chi connectivity index (χ2n) is 16.4. The molecule has 29 heteroatoms. The Labute approximate surface area is 398 Å². The van der Waals surface area contributed by atoms with E-state index in [0.717, 1.165) is 67.5 Å². The van der Waals surface area contributed by atoms with E-state index in [9.17, 15) is 63.0 Å². The summed E-state index contributed by atoms with van der Waals surface area (Å²) in [5.41, 5.74) is 4.05. The fraction of sp³-hybridized carbons (Fsp3) is 0.692. The van der Waals surface area contributed by atoms with Crippen molar-refractivity contribution in [2.75, 3.05) is 37.8 Å². The van der Waals surface area contributed by atoms with Crippen molar-refractivity contribution in [3.8, 4) is 0 Å². The summed E-state index contributed by atoms with van der Waals surface area (Å²) < 4.78 is 60.8. The number of carbonyl (C=O) groups is 3. The Morgan fingerprint density at radius 1 is 0.956 bits per heavy atom. The molecule has 0 radical (unpaired) electrons. The van der Waals surface area contributed by atoms with Crippen LogP contribution >= 0.6 is 35.2 Å². The fourth-order valence-corrected chi connectivity index (χ4v) is 9.94. The first-order valence-electron chi connectivity index (χ1n) is 21.9. The molecule has 0 bridgehead atoms. The predicted octanol–water partition coefficient (Wildman–Crippen LogP) is 0.921. The first-order valence-corrected chi connectivity index (χ1v) is 27.3. The number of fused-ring (bicyclic) bond motifs is 1. The van der Waals surface area contributed by atoms with Crippen molar-refractivity contribution in [3.05, 3.63) is 37.0 Å². The van der Waals surface area contributed by atoms with Gasteiger partial charge in [-0.15, -0.1) is 0 Å². The number of imidazole rings is 1. The zero-order chi connectivity index (χ0) is 50.5. The number of phosphoric acid groups is 3. The molecule has 1 saturated heterocycles. The molecular weight excluding hydrogens is 979 g/mol. The number of hydrogen-bond acceptors (Lipinski definition) is 23. The average molecular weight is 1040 g/mol. The largest absolute Gasteiger partial charge is 0.790 e. The van der Waals surface area contributed by atoms with E-state index in [0.29, 0.717) is 6.42 Å². The summed E-state index contributed by atoms with van der Waals surface area (Å²) in [4.78, 5) is 96.9. The van der Waals surface area contributed by atoms with Gasteiger partial charge in [0.1, 0.15) is 36.3 Å². The number of nitrogens with two attached hydrogens (primary N) is 1. The number of rotatable bonds is 33. The van der Waals surface area contributed by atoms with Crippen LogP contribution in [0.15, 0.2) is 37.0 Å². The van der Waals surface area contributed by atoms with Gasteiger partial charge < -0.3 is 74.1 Å². The summed E-state index contributed by atoms with van der Waals surface area (Å²) in [6, 6.07) is 0. The van der Waals surface area contributed by atoms with Crippen molar-refractivity contribution in [1.29, 1.82) is 0 Å². The number of ether oxygens (including phenoxy) is 1. The Balaban J connectivity index is 1.32. The molecule has 2 amide bonds. The van der Waals surface area contributed by atoms with Crippen LogP contribution in [-0.2, 0) is 50.7 Å². The minimum Gasteiger partial charge on any atom is -0.790 e. The summed E-state index contributed by atoms with van der Waals surface area (Å²) >= 11 is 0.974. The Kier molecular flexibility index (Phi) is 25.1. The highest BCUT2D eigenvalue weighted by atomic mass is 32.2. The molecule has 2 aromatic rings. The van der Waals surface area contributed by atoms with Crippen molar-refractivity contribution >= 4 is 69.1 Å². The molecular formula is C39H62N7O18P3S-4. The molecule has 8 atom stereocenters. The smallest absolute Gasteiger partial charge is 0.274 e. The molecule has 1 fully saturated rings. The lowest BCUT2D eigenvalue weighted by Gasteiger charge is -2.36. The van der Waals surface area contributed by atoms with E-state index in [4.69, 9.17) is 10.5 Å². The van der Waals surface area contributed by atoms with E-state index in [1.54, 1.807) is 0 Å². The minimum atomic E-state index is -5.93.